The van der Waals surface area contributed by atoms with Gasteiger partial charge in [0, 0.05) is 18.2 Å². The molecule has 5 nitrogen and oxygen atoms in total. The maximum Gasteiger partial charge on any atom is 0.251 e. The third-order valence-electron chi connectivity index (χ3n) is 4.59. The van der Waals surface area contributed by atoms with E-state index in [1.165, 1.54) is 18.9 Å². The predicted octanol–water partition coefficient (Wildman–Crippen LogP) is 3.46. The molecule has 1 aliphatic rings. The Balaban J connectivity index is 2.04. The number of sulfonamides is 1. The Morgan fingerprint density at radius 3 is 2.48 bits per heavy atom. The average Bonchev–Trinajstić information content (AvgIpc) is 2.82. The molecule has 0 saturated heterocycles. The zero-order chi connectivity index (χ0) is 18.3. The van der Waals surface area contributed by atoms with Crippen molar-refractivity contribution in [1.29, 1.82) is 0 Å². The van der Waals surface area contributed by atoms with E-state index in [2.05, 4.69) is 23.9 Å². The van der Waals surface area contributed by atoms with Crippen molar-refractivity contribution in [2.75, 3.05) is 6.54 Å². The molecular weight excluding hydrogens is 336 g/mol. The number of benzene rings is 1. The topological polar surface area (TPSA) is 75.3 Å². The number of carbonyl (C=O) groups excluding carboxylic acids is 1. The van der Waals surface area contributed by atoms with Crippen LogP contribution in [0, 0.1) is 5.92 Å². The van der Waals surface area contributed by atoms with Crippen LogP contribution in [0.1, 0.15) is 69.2 Å². The summed E-state index contributed by atoms with van der Waals surface area (Å²) in [5, 5.41) is 2.84. The molecule has 0 spiro atoms. The molecule has 1 aromatic rings. The van der Waals surface area contributed by atoms with Gasteiger partial charge in [0.2, 0.25) is 10.0 Å². The predicted molar refractivity (Wildman–Crippen MR) is 100 cm³/mol. The van der Waals surface area contributed by atoms with Crippen LogP contribution < -0.4 is 10.0 Å². The molecule has 140 valence electrons. The van der Waals surface area contributed by atoms with E-state index >= 15 is 0 Å². The number of amides is 1. The van der Waals surface area contributed by atoms with Crippen LogP contribution in [0.2, 0.25) is 0 Å². The maximum absolute atomic E-state index is 12.6. The molecule has 0 unspecified atom stereocenters. The van der Waals surface area contributed by atoms with Gasteiger partial charge in [0.15, 0.2) is 0 Å². The lowest BCUT2D eigenvalue weighted by atomic mass is 10.1. The van der Waals surface area contributed by atoms with Crippen LogP contribution in [-0.2, 0) is 10.0 Å². The fourth-order valence-corrected chi connectivity index (χ4v) is 4.42. The molecule has 0 bridgehead atoms. The highest BCUT2D eigenvalue weighted by Crippen LogP contribution is 2.20. The van der Waals surface area contributed by atoms with E-state index in [4.69, 9.17) is 0 Å². The van der Waals surface area contributed by atoms with E-state index in [-0.39, 0.29) is 16.8 Å². The lowest BCUT2D eigenvalue weighted by Crippen LogP contribution is -2.34. The average molecular weight is 367 g/mol. The summed E-state index contributed by atoms with van der Waals surface area (Å²) in [6.45, 7) is 4.78. The molecule has 0 aromatic heterocycles. The molecule has 6 heteroatoms. The normalized spacial score (nSPS) is 16.6. The molecule has 0 radical (unpaired) electrons. The third-order valence-corrected chi connectivity index (χ3v) is 6.11. The number of hydrogen-bond donors (Lipinski definition) is 2. The van der Waals surface area contributed by atoms with Gasteiger partial charge in [0.25, 0.3) is 5.91 Å². The maximum atomic E-state index is 12.6. The molecule has 1 aromatic carbocycles. The van der Waals surface area contributed by atoms with Crippen molar-refractivity contribution >= 4 is 15.9 Å². The van der Waals surface area contributed by atoms with Gasteiger partial charge in [-0.3, -0.25) is 4.79 Å². The molecular formula is C19H30N2O3S. The van der Waals surface area contributed by atoms with E-state index in [0.717, 1.165) is 32.1 Å². The van der Waals surface area contributed by atoms with Crippen molar-refractivity contribution in [2.24, 2.45) is 5.92 Å². The second-order valence-electron chi connectivity index (χ2n) is 7.28. The minimum atomic E-state index is -3.60. The fourth-order valence-electron chi connectivity index (χ4n) is 3.07. The minimum absolute atomic E-state index is 0.00368. The Kier molecular flexibility index (Phi) is 7.44. The largest absolute Gasteiger partial charge is 0.352 e. The van der Waals surface area contributed by atoms with Crippen LogP contribution >= 0.6 is 0 Å². The summed E-state index contributed by atoms with van der Waals surface area (Å²) in [7, 11) is -3.60. The van der Waals surface area contributed by atoms with Gasteiger partial charge in [0.1, 0.15) is 0 Å². The van der Waals surface area contributed by atoms with Crippen LogP contribution in [0.25, 0.3) is 0 Å². The Labute approximate surface area is 151 Å². The fraction of sp³-hybridized carbons (Fsp3) is 0.632. The molecule has 0 aliphatic heterocycles. The molecule has 1 fully saturated rings. The molecule has 25 heavy (non-hydrogen) atoms. The summed E-state index contributed by atoms with van der Waals surface area (Å²) >= 11 is 0. The Bertz CT molecular complexity index is 663. The number of rotatable bonds is 7. The third kappa shape index (κ3) is 6.44. The van der Waals surface area contributed by atoms with Gasteiger partial charge in [0.05, 0.1) is 4.90 Å². The number of hydrogen-bond acceptors (Lipinski definition) is 3. The second kappa shape index (κ2) is 9.34. The zero-order valence-corrected chi connectivity index (χ0v) is 16.1. The summed E-state index contributed by atoms with van der Waals surface area (Å²) < 4.78 is 28.1. The molecule has 1 saturated carbocycles. The van der Waals surface area contributed by atoms with Crippen LogP contribution in [0.3, 0.4) is 0 Å². The SMILES string of the molecule is CC(C)CCNC(=O)c1cccc(S(=O)(=O)NC2CCCCCC2)c1. The summed E-state index contributed by atoms with van der Waals surface area (Å²) in [4.78, 5) is 12.4. The number of nitrogens with one attached hydrogen (secondary N) is 2. The van der Waals surface area contributed by atoms with Gasteiger partial charge in [-0.05, 0) is 43.4 Å². The minimum Gasteiger partial charge on any atom is -0.352 e. The standard InChI is InChI=1S/C19H30N2O3S/c1-15(2)12-13-20-19(22)16-8-7-11-18(14-16)25(23,24)21-17-9-5-3-4-6-10-17/h7-8,11,14-15,17,21H,3-6,9-10,12-13H2,1-2H3,(H,20,22). The van der Waals surface area contributed by atoms with Gasteiger partial charge in [-0.25, -0.2) is 13.1 Å². The molecule has 0 atom stereocenters. The van der Waals surface area contributed by atoms with Crippen LogP contribution in [0.5, 0.6) is 0 Å². The summed E-state index contributed by atoms with van der Waals surface area (Å²) in [6, 6.07) is 6.28. The summed E-state index contributed by atoms with van der Waals surface area (Å²) in [5.41, 5.74) is 0.382. The van der Waals surface area contributed by atoms with Crippen molar-refractivity contribution in [3.63, 3.8) is 0 Å². The Morgan fingerprint density at radius 2 is 1.84 bits per heavy atom. The first-order valence-corrected chi connectivity index (χ1v) is 10.8. The first-order valence-electron chi connectivity index (χ1n) is 9.29. The van der Waals surface area contributed by atoms with Crippen molar-refractivity contribution in [1.82, 2.24) is 10.0 Å². The summed E-state index contributed by atoms with van der Waals surface area (Å²) in [5.74, 6) is 0.281. The van der Waals surface area contributed by atoms with E-state index < -0.39 is 10.0 Å². The Morgan fingerprint density at radius 1 is 1.16 bits per heavy atom. The quantitative estimate of drug-likeness (QED) is 0.726. The second-order valence-corrected chi connectivity index (χ2v) is 8.99. The molecule has 2 rings (SSSR count). The molecule has 1 amide bonds. The lowest BCUT2D eigenvalue weighted by molar-refractivity contribution is 0.0952. The highest BCUT2D eigenvalue weighted by atomic mass is 32.2. The zero-order valence-electron chi connectivity index (χ0n) is 15.3. The van der Waals surface area contributed by atoms with E-state index in [1.54, 1.807) is 18.2 Å². The van der Waals surface area contributed by atoms with Crippen LogP contribution in [-0.4, -0.2) is 26.9 Å². The summed E-state index contributed by atoms with van der Waals surface area (Å²) in [6.07, 6.45) is 7.13. The van der Waals surface area contributed by atoms with Crippen LogP contribution in [0.15, 0.2) is 29.2 Å². The van der Waals surface area contributed by atoms with Gasteiger partial charge in [-0.15, -0.1) is 0 Å². The first-order chi connectivity index (χ1) is 11.9. The van der Waals surface area contributed by atoms with Crippen molar-refractivity contribution in [3.05, 3.63) is 29.8 Å². The molecule has 1 aliphatic carbocycles. The monoisotopic (exact) mass is 366 g/mol. The Hall–Kier alpha value is -1.40. The highest BCUT2D eigenvalue weighted by Gasteiger charge is 2.22. The molecule has 2 N–H and O–H groups in total. The highest BCUT2D eigenvalue weighted by molar-refractivity contribution is 7.89. The van der Waals surface area contributed by atoms with Crippen molar-refractivity contribution in [2.45, 2.75) is 69.7 Å². The van der Waals surface area contributed by atoms with Crippen molar-refractivity contribution in [3.8, 4) is 0 Å². The van der Waals surface area contributed by atoms with Crippen molar-refractivity contribution < 1.29 is 13.2 Å². The van der Waals surface area contributed by atoms with Crippen LogP contribution in [0.4, 0.5) is 0 Å². The van der Waals surface area contributed by atoms with E-state index in [0.29, 0.717) is 18.0 Å². The van der Waals surface area contributed by atoms with E-state index in [1.807, 2.05) is 0 Å². The van der Waals surface area contributed by atoms with Gasteiger partial charge in [-0.1, -0.05) is 45.6 Å². The number of carbonyl (C=O) groups is 1. The van der Waals surface area contributed by atoms with Gasteiger partial charge >= 0.3 is 0 Å². The first kappa shape index (κ1) is 19.9. The van der Waals surface area contributed by atoms with Gasteiger partial charge < -0.3 is 5.32 Å². The lowest BCUT2D eigenvalue weighted by Gasteiger charge is -2.16. The van der Waals surface area contributed by atoms with Gasteiger partial charge in [-0.2, -0.15) is 0 Å². The van der Waals surface area contributed by atoms with E-state index in [9.17, 15) is 13.2 Å². The molecule has 0 heterocycles. The smallest absolute Gasteiger partial charge is 0.251 e.